The first kappa shape index (κ1) is 13.5. The minimum atomic E-state index is 0.513. The smallest absolute Gasteiger partial charge is 0.188 e. The Morgan fingerprint density at radius 2 is 1.95 bits per heavy atom. The van der Waals surface area contributed by atoms with Gasteiger partial charge in [0.2, 0.25) is 0 Å². The van der Waals surface area contributed by atoms with Gasteiger partial charge in [-0.3, -0.25) is 0 Å². The Morgan fingerprint density at radius 3 is 2.70 bits per heavy atom. The molecule has 0 atom stereocenters. The van der Waals surface area contributed by atoms with Gasteiger partial charge in [0.15, 0.2) is 5.13 Å². The molecule has 3 aromatic rings. The number of ether oxygens (including phenoxy) is 1. The van der Waals surface area contributed by atoms with Crippen LogP contribution >= 0.6 is 34.5 Å². The fourth-order valence-electron chi connectivity index (χ4n) is 1.78. The molecule has 0 saturated carbocycles. The topological polar surface area (TPSA) is 34.1 Å². The highest BCUT2D eigenvalue weighted by Crippen LogP contribution is 2.32. The molecule has 3 rings (SSSR count). The first-order valence-corrected chi connectivity index (χ1v) is 7.39. The third kappa shape index (κ3) is 2.68. The lowest BCUT2D eigenvalue weighted by atomic mass is 10.3. The van der Waals surface area contributed by atoms with E-state index in [2.05, 4.69) is 10.3 Å². The first-order valence-electron chi connectivity index (χ1n) is 5.82. The van der Waals surface area contributed by atoms with Gasteiger partial charge < -0.3 is 10.1 Å². The summed E-state index contributed by atoms with van der Waals surface area (Å²) in [6.07, 6.45) is 0. The summed E-state index contributed by atoms with van der Waals surface area (Å²) in [4.78, 5) is 4.51. The molecule has 6 heteroatoms. The SMILES string of the molecule is COc1ccc2nc(Nc3ccc(Cl)c(Cl)c3)sc2c1. The van der Waals surface area contributed by atoms with Gasteiger partial charge in [-0.2, -0.15) is 0 Å². The Morgan fingerprint density at radius 1 is 1.10 bits per heavy atom. The van der Waals surface area contributed by atoms with Crippen LogP contribution in [0.3, 0.4) is 0 Å². The van der Waals surface area contributed by atoms with E-state index in [1.54, 1.807) is 30.6 Å². The van der Waals surface area contributed by atoms with Crippen LogP contribution in [0.5, 0.6) is 5.75 Å². The molecule has 2 aromatic carbocycles. The van der Waals surface area contributed by atoms with Crippen LogP contribution in [0, 0.1) is 0 Å². The summed E-state index contributed by atoms with van der Waals surface area (Å²) in [5.74, 6) is 0.822. The van der Waals surface area contributed by atoms with Crippen molar-refractivity contribution in [2.24, 2.45) is 0 Å². The first-order chi connectivity index (χ1) is 9.65. The molecule has 3 nitrogen and oxygen atoms in total. The minimum absolute atomic E-state index is 0.513. The van der Waals surface area contributed by atoms with Crippen molar-refractivity contribution in [2.45, 2.75) is 0 Å². The number of nitrogens with zero attached hydrogens (tertiary/aromatic N) is 1. The Balaban J connectivity index is 1.92. The number of rotatable bonds is 3. The minimum Gasteiger partial charge on any atom is -0.497 e. The summed E-state index contributed by atoms with van der Waals surface area (Å²) in [6, 6.07) is 11.2. The van der Waals surface area contributed by atoms with Gasteiger partial charge >= 0.3 is 0 Å². The molecule has 0 fully saturated rings. The number of benzene rings is 2. The van der Waals surface area contributed by atoms with Gasteiger partial charge in [0, 0.05) is 5.69 Å². The zero-order valence-corrected chi connectivity index (χ0v) is 12.8. The largest absolute Gasteiger partial charge is 0.497 e. The van der Waals surface area contributed by atoms with E-state index in [9.17, 15) is 0 Å². The fourth-order valence-corrected chi connectivity index (χ4v) is 3.00. The molecule has 102 valence electrons. The number of fused-ring (bicyclic) bond motifs is 1. The quantitative estimate of drug-likeness (QED) is 0.704. The summed E-state index contributed by atoms with van der Waals surface area (Å²) in [7, 11) is 1.65. The average molecular weight is 325 g/mol. The molecule has 0 amide bonds. The van der Waals surface area contributed by atoms with Crippen LogP contribution in [-0.2, 0) is 0 Å². The summed E-state index contributed by atoms with van der Waals surface area (Å²) in [5, 5.41) is 5.07. The Bertz CT molecular complexity index is 773. The average Bonchev–Trinajstić information content (AvgIpc) is 2.84. The van der Waals surface area contributed by atoms with E-state index in [4.69, 9.17) is 27.9 Å². The molecule has 0 radical (unpaired) electrons. The maximum atomic E-state index is 5.99. The number of thiazole rings is 1. The van der Waals surface area contributed by atoms with Crippen molar-refractivity contribution < 1.29 is 4.74 Å². The van der Waals surface area contributed by atoms with Crippen LogP contribution in [0.4, 0.5) is 10.8 Å². The predicted molar refractivity (Wildman–Crippen MR) is 85.9 cm³/mol. The lowest BCUT2D eigenvalue weighted by Crippen LogP contribution is -1.88. The molecule has 0 aliphatic rings. The molecule has 0 saturated heterocycles. The van der Waals surface area contributed by atoms with Gasteiger partial charge in [0.1, 0.15) is 5.75 Å². The summed E-state index contributed by atoms with van der Waals surface area (Å²) < 4.78 is 6.27. The Labute approximate surface area is 130 Å². The van der Waals surface area contributed by atoms with E-state index in [0.717, 1.165) is 26.8 Å². The van der Waals surface area contributed by atoms with Crippen LogP contribution < -0.4 is 10.1 Å². The fraction of sp³-hybridized carbons (Fsp3) is 0.0714. The number of aromatic nitrogens is 1. The predicted octanol–water partition coefficient (Wildman–Crippen LogP) is 5.36. The molecule has 0 bridgehead atoms. The molecular formula is C14H10Cl2N2OS. The van der Waals surface area contributed by atoms with E-state index in [1.807, 2.05) is 24.3 Å². The highest BCUT2D eigenvalue weighted by molar-refractivity contribution is 7.22. The molecular weight excluding hydrogens is 315 g/mol. The van der Waals surface area contributed by atoms with Crippen LogP contribution in [0.25, 0.3) is 10.2 Å². The summed E-state index contributed by atoms with van der Waals surface area (Å²) >= 11 is 13.4. The van der Waals surface area contributed by atoms with E-state index in [1.165, 1.54) is 0 Å². The summed E-state index contributed by atoms with van der Waals surface area (Å²) in [5.41, 5.74) is 1.78. The van der Waals surface area contributed by atoms with Gasteiger partial charge in [-0.15, -0.1) is 0 Å². The number of nitrogens with one attached hydrogen (secondary N) is 1. The van der Waals surface area contributed by atoms with E-state index >= 15 is 0 Å². The van der Waals surface area contributed by atoms with Crippen LogP contribution in [0.1, 0.15) is 0 Å². The van der Waals surface area contributed by atoms with Crippen LogP contribution in [0.2, 0.25) is 10.0 Å². The normalized spacial score (nSPS) is 10.8. The van der Waals surface area contributed by atoms with Crippen molar-refractivity contribution in [1.82, 2.24) is 4.98 Å². The van der Waals surface area contributed by atoms with Crippen molar-refractivity contribution in [3.8, 4) is 5.75 Å². The van der Waals surface area contributed by atoms with Gasteiger partial charge in [-0.05, 0) is 36.4 Å². The van der Waals surface area contributed by atoms with E-state index in [-0.39, 0.29) is 0 Å². The number of hydrogen-bond donors (Lipinski definition) is 1. The molecule has 1 N–H and O–H groups in total. The van der Waals surface area contributed by atoms with Crippen molar-refractivity contribution in [2.75, 3.05) is 12.4 Å². The molecule has 1 heterocycles. The molecule has 0 unspecified atom stereocenters. The summed E-state index contributed by atoms with van der Waals surface area (Å²) in [6.45, 7) is 0. The van der Waals surface area contributed by atoms with Crippen molar-refractivity contribution >= 4 is 55.6 Å². The van der Waals surface area contributed by atoms with Gasteiger partial charge in [-0.25, -0.2) is 4.98 Å². The zero-order valence-electron chi connectivity index (χ0n) is 10.5. The van der Waals surface area contributed by atoms with E-state index < -0.39 is 0 Å². The number of anilines is 2. The van der Waals surface area contributed by atoms with E-state index in [0.29, 0.717) is 10.0 Å². The Kier molecular flexibility index (Phi) is 3.70. The number of methoxy groups -OCH3 is 1. The van der Waals surface area contributed by atoms with Crippen molar-refractivity contribution in [3.05, 3.63) is 46.4 Å². The van der Waals surface area contributed by atoms with Gasteiger partial charge in [0.25, 0.3) is 0 Å². The lowest BCUT2D eigenvalue weighted by Gasteiger charge is -2.03. The van der Waals surface area contributed by atoms with Crippen molar-refractivity contribution in [1.29, 1.82) is 0 Å². The molecule has 20 heavy (non-hydrogen) atoms. The molecule has 0 aliphatic carbocycles. The second-order valence-electron chi connectivity index (χ2n) is 4.11. The molecule has 0 aliphatic heterocycles. The highest BCUT2D eigenvalue weighted by atomic mass is 35.5. The second kappa shape index (κ2) is 5.48. The zero-order chi connectivity index (χ0) is 14.1. The third-order valence-corrected chi connectivity index (χ3v) is 4.44. The molecule has 0 spiro atoms. The maximum Gasteiger partial charge on any atom is 0.188 e. The van der Waals surface area contributed by atoms with Crippen LogP contribution in [0.15, 0.2) is 36.4 Å². The number of hydrogen-bond acceptors (Lipinski definition) is 4. The van der Waals surface area contributed by atoms with Crippen molar-refractivity contribution in [3.63, 3.8) is 0 Å². The maximum absolute atomic E-state index is 5.99. The van der Waals surface area contributed by atoms with Crippen LogP contribution in [-0.4, -0.2) is 12.1 Å². The monoisotopic (exact) mass is 324 g/mol. The van der Waals surface area contributed by atoms with Gasteiger partial charge in [-0.1, -0.05) is 34.5 Å². The van der Waals surface area contributed by atoms with Gasteiger partial charge in [0.05, 0.1) is 27.4 Å². The third-order valence-electron chi connectivity index (χ3n) is 2.77. The number of halogens is 2. The second-order valence-corrected chi connectivity index (χ2v) is 5.95. The lowest BCUT2D eigenvalue weighted by molar-refractivity contribution is 0.415. The Hall–Kier alpha value is -1.49. The standard InChI is InChI=1S/C14H10Cl2N2OS/c1-19-9-3-5-12-13(7-9)20-14(18-12)17-8-2-4-10(15)11(16)6-8/h2-7H,1H3,(H,17,18). The molecule has 1 aromatic heterocycles. The highest BCUT2D eigenvalue weighted by Gasteiger charge is 2.06.